The van der Waals surface area contributed by atoms with Crippen LogP contribution in [-0.4, -0.2) is 33.7 Å². The molecule has 0 amide bonds. The Labute approximate surface area is 143 Å². The van der Waals surface area contributed by atoms with Crippen LogP contribution in [-0.2, 0) is 17.8 Å². The predicted molar refractivity (Wildman–Crippen MR) is 95.3 cm³/mol. The Bertz CT molecular complexity index is 735. The molecular weight excluding hydrogens is 298 g/mol. The fraction of sp³-hybridized carbons (Fsp3) is 0.350. The van der Waals surface area contributed by atoms with Gasteiger partial charge in [-0.15, -0.1) is 0 Å². The molecule has 0 unspecified atom stereocenters. The van der Waals surface area contributed by atoms with Crippen molar-refractivity contribution in [2.24, 2.45) is 0 Å². The minimum absolute atomic E-state index is 0.110. The Morgan fingerprint density at radius 1 is 1.17 bits per heavy atom. The summed E-state index contributed by atoms with van der Waals surface area (Å²) in [5.74, 6) is 0.110. The van der Waals surface area contributed by atoms with Crippen molar-refractivity contribution >= 4 is 11.4 Å². The first-order chi connectivity index (χ1) is 11.6. The van der Waals surface area contributed by atoms with Crippen LogP contribution in [0.4, 0.5) is 0 Å². The summed E-state index contributed by atoms with van der Waals surface area (Å²) in [4.78, 5) is 22.6. The van der Waals surface area contributed by atoms with E-state index < -0.39 is 0 Å². The number of Topliss-reactive ketones (excluding diaryl/α,β-unsaturated/α-hetero) is 1. The predicted octanol–water partition coefficient (Wildman–Crippen LogP) is 3.29. The average molecular weight is 321 g/mol. The number of carbonyl (C=O) groups excluding carboxylic acids is 1. The van der Waals surface area contributed by atoms with Crippen molar-refractivity contribution in [3.8, 4) is 0 Å². The van der Waals surface area contributed by atoms with Crippen LogP contribution in [0.1, 0.15) is 37.2 Å². The van der Waals surface area contributed by atoms with Gasteiger partial charge in [-0.3, -0.25) is 19.7 Å². The molecule has 0 fully saturated rings. The molecule has 4 heteroatoms. The average Bonchev–Trinajstić information content (AvgIpc) is 2.58. The molecule has 2 heterocycles. The Morgan fingerprint density at radius 2 is 1.96 bits per heavy atom. The highest BCUT2D eigenvalue weighted by molar-refractivity contribution is 5.77. The van der Waals surface area contributed by atoms with Crippen molar-refractivity contribution in [3.05, 3.63) is 65.2 Å². The van der Waals surface area contributed by atoms with E-state index in [4.69, 9.17) is 0 Å². The first-order valence-electron chi connectivity index (χ1n) is 8.37. The summed E-state index contributed by atoms with van der Waals surface area (Å²) in [7, 11) is 0. The van der Waals surface area contributed by atoms with Crippen molar-refractivity contribution in [2.75, 3.05) is 13.1 Å². The highest BCUT2D eigenvalue weighted by Gasteiger charge is 2.19. The summed E-state index contributed by atoms with van der Waals surface area (Å²) in [5, 5.41) is 0. The molecule has 0 aliphatic carbocycles. The molecule has 1 aromatic heterocycles. The van der Waals surface area contributed by atoms with E-state index in [-0.39, 0.29) is 5.78 Å². The topological polar surface area (TPSA) is 46.1 Å². The zero-order valence-electron chi connectivity index (χ0n) is 14.3. The highest BCUT2D eigenvalue weighted by Crippen LogP contribution is 2.25. The lowest BCUT2D eigenvalue weighted by Gasteiger charge is -2.29. The minimum atomic E-state index is 0.110. The van der Waals surface area contributed by atoms with Crippen LogP contribution in [0.25, 0.3) is 5.57 Å². The summed E-state index contributed by atoms with van der Waals surface area (Å²) in [6, 6.07) is 10.6. The Kier molecular flexibility index (Phi) is 5.16. The molecule has 3 rings (SSSR count). The molecule has 24 heavy (non-hydrogen) atoms. The maximum atomic E-state index is 11.2. The van der Waals surface area contributed by atoms with Gasteiger partial charge in [0.25, 0.3) is 0 Å². The number of benzene rings is 1. The molecule has 0 atom stereocenters. The minimum Gasteiger partial charge on any atom is -0.300 e. The summed E-state index contributed by atoms with van der Waals surface area (Å²) < 4.78 is 0. The van der Waals surface area contributed by atoms with Crippen LogP contribution < -0.4 is 0 Å². The van der Waals surface area contributed by atoms with Gasteiger partial charge in [-0.05, 0) is 31.4 Å². The van der Waals surface area contributed by atoms with Gasteiger partial charge in [0.1, 0.15) is 5.78 Å². The van der Waals surface area contributed by atoms with Crippen LogP contribution >= 0.6 is 0 Å². The van der Waals surface area contributed by atoms with Gasteiger partial charge in [0, 0.05) is 32.3 Å². The molecule has 2 aromatic rings. The molecule has 0 N–H and O–H groups in total. The lowest BCUT2D eigenvalue weighted by Crippen LogP contribution is -2.30. The zero-order valence-corrected chi connectivity index (χ0v) is 14.3. The van der Waals surface area contributed by atoms with Gasteiger partial charge in [-0.1, -0.05) is 35.9 Å². The van der Waals surface area contributed by atoms with E-state index in [1.165, 1.54) is 16.7 Å². The third-order valence-electron chi connectivity index (χ3n) is 4.39. The summed E-state index contributed by atoms with van der Waals surface area (Å²) in [6.45, 7) is 6.67. The maximum Gasteiger partial charge on any atom is 0.135 e. The highest BCUT2D eigenvalue weighted by atomic mass is 16.1. The van der Waals surface area contributed by atoms with Crippen molar-refractivity contribution in [1.29, 1.82) is 0 Å². The van der Waals surface area contributed by atoms with Crippen LogP contribution in [0.3, 0.4) is 0 Å². The molecule has 0 bridgehead atoms. The SMILES string of the molecule is CC(=O)Cc1cnc(C2=C(C)CCN(Cc3ccccc3)C2)cn1. The quantitative estimate of drug-likeness (QED) is 0.848. The molecule has 0 radical (unpaired) electrons. The second-order valence-electron chi connectivity index (χ2n) is 6.48. The van der Waals surface area contributed by atoms with E-state index in [1.807, 2.05) is 12.3 Å². The van der Waals surface area contributed by atoms with E-state index in [9.17, 15) is 4.79 Å². The van der Waals surface area contributed by atoms with Crippen LogP contribution in [0.2, 0.25) is 0 Å². The fourth-order valence-corrected chi connectivity index (χ4v) is 3.05. The van der Waals surface area contributed by atoms with Crippen molar-refractivity contribution in [2.45, 2.75) is 33.2 Å². The van der Waals surface area contributed by atoms with Crippen molar-refractivity contribution in [1.82, 2.24) is 14.9 Å². The van der Waals surface area contributed by atoms with Gasteiger partial charge in [0.15, 0.2) is 0 Å². The summed E-state index contributed by atoms with van der Waals surface area (Å²) in [5.41, 5.74) is 5.64. The molecule has 124 valence electrons. The number of hydrogen-bond acceptors (Lipinski definition) is 4. The lowest BCUT2D eigenvalue weighted by molar-refractivity contribution is -0.116. The van der Waals surface area contributed by atoms with Gasteiger partial charge >= 0.3 is 0 Å². The van der Waals surface area contributed by atoms with Gasteiger partial charge in [0.2, 0.25) is 0 Å². The van der Waals surface area contributed by atoms with E-state index in [1.54, 1.807) is 13.1 Å². The van der Waals surface area contributed by atoms with E-state index in [2.05, 4.69) is 46.1 Å². The third kappa shape index (κ3) is 4.15. The van der Waals surface area contributed by atoms with Crippen molar-refractivity contribution in [3.63, 3.8) is 0 Å². The molecule has 1 aliphatic rings. The monoisotopic (exact) mass is 321 g/mol. The van der Waals surface area contributed by atoms with E-state index in [0.29, 0.717) is 6.42 Å². The molecule has 1 aliphatic heterocycles. The summed E-state index contributed by atoms with van der Waals surface area (Å²) >= 11 is 0. The smallest absolute Gasteiger partial charge is 0.135 e. The second-order valence-corrected chi connectivity index (χ2v) is 6.48. The number of rotatable bonds is 5. The largest absolute Gasteiger partial charge is 0.300 e. The van der Waals surface area contributed by atoms with E-state index >= 15 is 0 Å². The normalized spacial score (nSPS) is 15.6. The van der Waals surface area contributed by atoms with Crippen molar-refractivity contribution < 1.29 is 4.79 Å². The molecule has 1 aromatic carbocycles. The molecule has 0 saturated heterocycles. The Morgan fingerprint density at radius 3 is 2.62 bits per heavy atom. The standard InChI is InChI=1S/C20H23N3O/c1-15-8-9-23(13-17-6-4-3-5-7-17)14-19(15)20-12-21-18(11-22-20)10-16(2)24/h3-7,11-12H,8-10,13-14H2,1-2H3. The number of aromatic nitrogens is 2. The third-order valence-corrected chi connectivity index (χ3v) is 4.39. The molecule has 0 saturated carbocycles. The number of nitrogens with zero attached hydrogens (tertiary/aromatic N) is 3. The number of carbonyl (C=O) groups is 1. The van der Waals surface area contributed by atoms with Gasteiger partial charge in [-0.2, -0.15) is 0 Å². The first-order valence-corrected chi connectivity index (χ1v) is 8.37. The molecular formula is C20H23N3O. The maximum absolute atomic E-state index is 11.2. The Hall–Kier alpha value is -2.33. The van der Waals surface area contributed by atoms with Gasteiger partial charge in [0.05, 0.1) is 17.6 Å². The number of hydrogen-bond donors (Lipinski definition) is 0. The Balaban J connectivity index is 1.73. The van der Waals surface area contributed by atoms with Gasteiger partial charge in [-0.25, -0.2) is 0 Å². The van der Waals surface area contributed by atoms with E-state index in [0.717, 1.165) is 37.4 Å². The number of ketones is 1. The lowest BCUT2D eigenvalue weighted by atomic mass is 9.98. The van der Waals surface area contributed by atoms with Gasteiger partial charge < -0.3 is 0 Å². The molecule has 4 nitrogen and oxygen atoms in total. The van der Waals surface area contributed by atoms with Crippen LogP contribution in [0.5, 0.6) is 0 Å². The first kappa shape index (κ1) is 16.5. The van der Waals surface area contributed by atoms with Crippen LogP contribution in [0.15, 0.2) is 48.3 Å². The fourth-order valence-electron chi connectivity index (χ4n) is 3.05. The zero-order chi connectivity index (χ0) is 16.9. The molecule has 0 spiro atoms. The summed E-state index contributed by atoms with van der Waals surface area (Å²) in [6.07, 6.45) is 4.95. The van der Waals surface area contributed by atoms with Crippen LogP contribution in [0, 0.1) is 0 Å². The second kappa shape index (κ2) is 7.49.